The summed E-state index contributed by atoms with van der Waals surface area (Å²) >= 11 is 5.80. The first-order valence-corrected chi connectivity index (χ1v) is 12.5. The molecule has 2 aliphatic heterocycles. The molecule has 1 fully saturated rings. The summed E-state index contributed by atoms with van der Waals surface area (Å²) in [6, 6.07) is 19.4. The second kappa shape index (κ2) is 9.23. The molecule has 3 aromatic rings. The molecule has 3 aliphatic rings. The molecule has 37 heavy (non-hydrogen) atoms. The van der Waals surface area contributed by atoms with Gasteiger partial charge in [0.1, 0.15) is 6.61 Å². The molecule has 2 heterocycles. The van der Waals surface area contributed by atoms with Crippen molar-refractivity contribution in [2.24, 2.45) is 0 Å². The molecule has 1 saturated heterocycles. The number of hydrogen-bond donors (Lipinski definition) is 0. The molecule has 0 radical (unpaired) electrons. The Morgan fingerprint density at radius 1 is 1.00 bits per heavy atom. The smallest absolute Gasteiger partial charge is 0.417 e. The standard InChI is InChI=1S/C29H23ClF3NO3/c30-27-10-9-17(13-26(27)29(31,32)33)18-11-19-14-36-15-20(12-18)34(19)28(35)37-16-25-23-7-3-1-5-21(23)22-6-2-4-8-24(22)25/h1-11,13,19-20,25H,12,14-16H2. The fraction of sp³-hybridized carbons (Fsp3) is 0.276. The van der Waals surface area contributed by atoms with Gasteiger partial charge in [0.05, 0.1) is 35.9 Å². The largest absolute Gasteiger partial charge is 0.448 e. The molecule has 3 aromatic carbocycles. The number of nitrogens with zero attached hydrogens (tertiary/aromatic N) is 1. The normalized spacial score (nSPS) is 20.8. The Labute approximate surface area is 217 Å². The van der Waals surface area contributed by atoms with Crippen molar-refractivity contribution in [1.82, 2.24) is 4.90 Å². The molecule has 4 nitrogen and oxygen atoms in total. The first-order valence-electron chi connectivity index (χ1n) is 12.1. The molecule has 190 valence electrons. The lowest BCUT2D eigenvalue weighted by Crippen LogP contribution is -2.56. The van der Waals surface area contributed by atoms with Crippen LogP contribution in [0.15, 0.2) is 72.8 Å². The zero-order valence-electron chi connectivity index (χ0n) is 19.7. The van der Waals surface area contributed by atoms with Gasteiger partial charge < -0.3 is 9.47 Å². The number of morpholine rings is 1. The lowest BCUT2D eigenvalue weighted by atomic mass is 9.89. The average molecular weight is 526 g/mol. The zero-order valence-corrected chi connectivity index (χ0v) is 20.4. The summed E-state index contributed by atoms with van der Waals surface area (Å²) < 4.78 is 51.7. The third-order valence-corrected chi connectivity index (χ3v) is 7.72. The summed E-state index contributed by atoms with van der Waals surface area (Å²) in [6.45, 7) is 0.744. The van der Waals surface area contributed by atoms with Crippen LogP contribution in [0.3, 0.4) is 0 Å². The van der Waals surface area contributed by atoms with E-state index in [0.717, 1.165) is 33.9 Å². The Hall–Kier alpha value is -3.29. The Morgan fingerprint density at radius 2 is 1.68 bits per heavy atom. The van der Waals surface area contributed by atoms with Gasteiger partial charge in [0.15, 0.2) is 0 Å². The van der Waals surface area contributed by atoms with Gasteiger partial charge in [-0.2, -0.15) is 13.2 Å². The number of halogens is 4. The van der Waals surface area contributed by atoms with Crippen LogP contribution in [-0.4, -0.2) is 42.9 Å². The third-order valence-electron chi connectivity index (χ3n) is 7.39. The number of rotatable bonds is 3. The fourth-order valence-electron chi connectivity index (χ4n) is 5.71. The van der Waals surface area contributed by atoms with E-state index in [0.29, 0.717) is 12.0 Å². The molecule has 6 rings (SSSR count). The van der Waals surface area contributed by atoms with Crippen LogP contribution in [-0.2, 0) is 15.7 Å². The molecule has 0 N–H and O–H groups in total. The second-order valence-electron chi connectivity index (χ2n) is 9.56. The number of carbonyl (C=O) groups is 1. The van der Waals surface area contributed by atoms with Gasteiger partial charge in [-0.25, -0.2) is 4.79 Å². The van der Waals surface area contributed by atoms with E-state index in [4.69, 9.17) is 21.1 Å². The van der Waals surface area contributed by atoms with Crippen molar-refractivity contribution >= 4 is 23.3 Å². The van der Waals surface area contributed by atoms with Crippen molar-refractivity contribution in [1.29, 1.82) is 0 Å². The highest BCUT2D eigenvalue weighted by Crippen LogP contribution is 2.45. The average Bonchev–Trinajstić information content (AvgIpc) is 3.20. The summed E-state index contributed by atoms with van der Waals surface area (Å²) in [7, 11) is 0. The number of alkyl halides is 3. The highest BCUT2D eigenvalue weighted by atomic mass is 35.5. The lowest BCUT2D eigenvalue weighted by Gasteiger charge is -2.44. The van der Waals surface area contributed by atoms with Gasteiger partial charge in [0, 0.05) is 5.92 Å². The van der Waals surface area contributed by atoms with E-state index in [-0.39, 0.29) is 36.8 Å². The van der Waals surface area contributed by atoms with Crippen LogP contribution in [0.25, 0.3) is 16.7 Å². The maximum Gasteiger partial charge on any atom is 0.417 e. The number of ether oxygens (including phenoxy) is 2. The fourth-order valence-corrected chi connectivity index (χ4v) is 5.93. The Kier molecular flexibility index (Phi) is 6.00. The molecular weight excluding hydrogens is 503 g/mol. The van der Waals surface area contributed by atoms with E-state index in [9.17, 15) is 18.0 Å². The van der Waals surface area contributed by atoms with Gasteiger partial charge in [0.2, 0.25) is 0 Å². The molecule has 2 bridgehead atoms. The van der Waals surface area contributed by atoms with Crippen molar-refractivity contribution in [3.05, 3.63) is 100 Å². The first kappa shape index (κ1) is 24.1. The zero-order chi connectivity index (χ0) is 25.7. The van der Waals surface area contributed by atoms with Crippen LogP contribution < -0.4 is 0 Å². The van der Waals surface area contributed by atoms with Crippen LogP contribution in [0.2, 0.25) is 5.02 Å². The minimum atomic E-state index is -4.55. The van der Waals surface area contributed by atoms with E-state index in [2.05, 4.69) is 24.3 Å². The Balaban J connectivity index is 1.22. The van der Waals surface area contributed by atoms with Gasteiger partial charge in [-0.3, -0.25) is 4.90 Å². The van der Waals surface area contributed by atoms with Crippen molar-refractivity contribution in [2.75, 3.05) is 19.8 Å². The molecule has 0 spiro atoms. The van der Waals surface area contributed by atoms with Gasteiger partial charge in [-0.05, 0) is 51.9 Å². The molecule has 0 saturated carbocycles. The summed E-state index contributed by atoms with van der Waals surface area (Å²) in [5, 5.41) is -0.337. The minimum absolute atomic E-state index is 0.0572. The monoisotopic (exact) mass is 525 g/mol. The van der Waals surface area contributed by atoms with E-state index >= 15 is 0 Å². The summed E-state index contributed by atoms with van der Waals surface area (Å²) in [6.07, 6.45) is -2.82. The van der Waals surface area contributed by atoms with Gasteiger partial charge in [-0.15, -0.1) is 0 Å². The van der Waals surface area contributed by atoms with E-state index in [1.54, 1.807) is 17.0 Å². The highest BCUT2D eigenvalue weighted by Gasteiger charge is 2.40. The number of carbonyl (C=O) groups excluding carboxylic acids is 1. The van der Waals surface area contributed by atoms with Crippen molar-refractivity contribution in [3.8, 4) is 11.1 Å². The van der Waals surface area contributed by atoms with E-state index in [1.165, 1.54) is 6.07 Å². The first-order chi connectivity index (χ1) is 17.8. The number of benzene rings is 3. The quantitative estimate of drug-likeness (QED) is 0.364. The van der Waals surface area contributed by atoms with Crippen molar-refractivity contribution in [3.63, 3.8) is 0 Å². The summed E-state index contributed by atoms with van der Waals surface area (Å²) in [5.74, 6) is -0.0572. The molecule has 1 amide bonds. The topological polar surface area (TPSA) is 38.8 Å². The molecule has 8 heteroatoms. The molecule has 1 aliphatic carbocycles. The summed E-state index contributed by atoms with van der Waals surface area (Å²) in [5.41, 5.74) is 4.87. The maximum atomic E-state index is 13.4. The molecule has 2 unspecified atom stereocenters. The molecule has 0 aromatic heterocycles. The van der Waals surface area contributed by atoms with Crippen molar-refractivity contribution < 1.29 is 27.4 Å². The van der Waals surface area contributed by atoms with Crippen LogP contribution >= 0.6 is 11.6 Å². The number of fused-ring (bicyclic) bond motifs is 5. The van der Waals surface area contributed by atoms with E-state index in [1.807, 2.05) is 24.3 Å². The minimum Gasteiger partial charge on any atom is -0.448 e. The second-order valence-corrected chi connectivity index (χ2v) is 9.97. The van der Waals surface area contributed by atoms with Gasteiger partial charge >= 0.3 is 12.3 Å². The number of amides is 1. The Bertz CT molecular complexity index is 1360. The molecule has 2 atom stereocenters. The SMILES string of the molecule is O=C(OCC1c2ccccc2-c2ccccc21)N1C2C=C(c3ccc(Cl)c(C(F)(F)F)c3)CC1COC2. The Morgan fingerprint density at radius 3 is 2.32 bits per heavy atom. The predicted octanol–water partition coefficient (Wildman–Crippen LogP) is 7.16. The van der Waals surface area contributed by atoms with Crippen LogP contribution in [0.1, 0.15) is 34.6 Å². The van der Waals surface area contributed by atoms with Crippen LogP contribution in [0, 0.1) is 0 Å². The van der Waals surface area contributed by atoms with Crippen LogP contribution in [0.5, 0.6) is 0 Å². The van der Waals surface area contributed by atoms with Crippen LogP contribution in [0.4, 0.5) is 18.0 Å². The van der Waals surface area contributed by atoms with Gasteiger partial charge in [-0.1, -0.05) is 72.3 Å². The summed E-state index contributed by atoms with van der Waals surface area (Å²) in [4.78, 5) is 15.0. The number of hydrogen-bond acceptors (Lipinski definition) is 3. The van der Waals surface area contributed by atoms with Gasteiger partial charge in [0.25, 0.3) is 0 Å². The third kappa shape index (κ3) is 4.30. The molecular formula is C29H23ClF3NO3. The van der Waals surface area contributed by atoms with Crippen molar-refractivity contribution in [2.45, 2.75) is 30.6 Å². The lowest BCUT2D eigenvalue weighted by molar-refractivity contribution is -0.137. The predicted molar refractivity (Wildman–Crippen MR) is 134 cm³/mol. The highest BCUT2D eigenvalue weighted by molar-refractivity contribution is 6.31. The maximum absolute atomic E-state index is 13.4. The van der Waals surface area contributed by atoms with E-state index < -0.39 is 23.9 Å².